The van der Waals surface area contributed by atoms with Crippen LogP contribution in [0.25, 0.3) is 11.1 Å². The average Bonchev–Trinajstić information content (AvgIpc) is 3.77. The van der Waals surface area contributed by atoms with Crippen LogP contribution in [-0.4, -0.2) is 53.6 Å². The number of nitrogens with one attached hydrogen (secondary N) is 1. The van der Waals surface area contributed by atoms with Crippen molar-refractivity contribution in [1.82, 2.24) is 15.0 Å². The molecule has 1 spiro atoms. The second-order valence-electron chi connectivity index (χ2n) is 13.4. The number of carbonyl (C=O) groups is 2. The van der Waals surface area contributed by atoms with Crippen molar-refractivity contribution in [3.63, 3.8) is 0 Å². The Bertz CT molecular complexity index is 2100. The summed E-state index contributed by atoms with van der Waals surface area (Å²) in [5.74, 6) is -1.07. The number of aromatic nitrogens is 1. The van der Waals surface area contributed by atoms with E-state index in [0.29, 0.717) is 40.5 Å². The molecule has 2 aliphatic rings. The van der Waals surface area contributed by atoms with Crippen LogP contribution in [0.15, 0.2) is 75.1 Å². The fourth-order valence-electron chi connectivity index (χ4n) is 6.86. The van der Waals surface area contributed by atoms with Crippen molar-refractivity contribution in [2.45, 2.75) is 89.2 Å². The summed E-state index contributed by atoms with van der Waals surface area (Å²) >= 11 is 0. The normalized spacial score (nSPS) is 15.5. The molecule has 268 valence electrons. The largest absolute Gasteiger partial charge is 0.359 e. The van der Waals surface area contributed by atoms with Gasteiger partial charge >= 0.3 is 0 Å². The summed E-state index contributed by atoms with van der Waals surface area (Å²) in [6.45, 7) is 5.67. The van der Waals surface area contributed by atoms with Crippen molar-refractivity contribution >= 4 is 33.5 Å². The van der Waals surface area contributed by atoms with Crippen LogP contribution < -0.4 is 4.72 Å². The summed E-state index contributed by atoms with van der Waals surface area (Å²) in [7, 11) is -2.68. The monoisotopic (exact) mass is 717 g/mol. The van der Waals surface area contributed by atoms with Crippen LogP contribution in [0.1, 0.15) is 84.7 Å². The highest BCUT2D eigenvalue weighted by Crippen LogP contribution is 2.40. The van der Waals surface area contributed by atoms with Gasteiger partial charge in [-0.2, -0.15) is 0 Å². The molecule has 3 aromatic carbocycles. The number of rotatable bonds is 12. The zero-order valence-electron chi connectivity index (χ0n) is 29.1. The van der Waals surface area contributed by atoms with Gasteiger partial charge in [0, 0.05) is 42.8 Å². The van der Waals surface area contributed by atoms with Crippen LogP contribution >= 0.6 is 0 Å². The molecule has 0 unspecified atom stereocenters. The van der Waals surface area contributed by atoms with E-state index < -0.39 is 33.1 Å². The number of nitrogens with zero attached hydrogens (tertiary/aromatic N) is 4. The van der Waals surface area contributed by atoms with Gasteiger partial charge < -0.3 is 9.42 Å². The van der Waals surface area contributed by atoms with E-state index in [4.69, 9.17) is 9.52 Å². The SMILES string of the molecule is CCCCC1=NC2(CCCC2)C(=O)N1Cc1ccc(-c2ccccc2S(=O)(=O)Nc2noc(C)c2C)c(CN(C)C(=O)c2cc(F)cc(F)c2)c1. The van der Waals surface area contributed by atoms with Crippen molar-refractivity contribution < 1.29 is 31.3 Å². The third kappa shape index (κ3) is 7.30. The maximum absolute atomic E-state index is 14.1. The van der Waals surface area contributed by atoms with Crippen molar-refractivity contribution in [2.24, 2.45) is 4.99 Å². The Kier molecular flexibility index (Phi) is 10.1. The first-order valence-corrected chi connectivity index (χ1v) is 18.6. The van der Waals surface area contributed by atoms with Crippen molar-refractivity contribution in [3.05, 3.63) is 100 Å². The number of hydrogen-bond acceptors (Lipinski definition) is 7. The number of benzene rings is 3. The molecular formula is C38H41F2N5O5S. The highest BCUT2D eigenvalue weighted by molar-refractivity contribution is 7.92. The Morgan fingerprint density at radius 3 is 2.39 bits per heavy atom. The van der Waals surface area contributed by atoms with E-state index in [1.807, 2.05) is 12.1 Å². The minimum Gasteiger partial charge on any atom is -0.359 e. The molecular weight excluding hydrogens is 677 g/mol. The molecule has 10 nitrogen and oxygen atoms in total. The first-order valence-electron chi connectivity index (χ1n) is 17.1. The van der Waals surface area contributed by atoms with Gasteiger partial charge in [0.25, 0.3) is 21.8 Å². The van der Waals surface area contributed by atoms with Gasteiger partial charge in [-0.15, -0.1) is 0 Å². The molecule has 1 aromatic heterocycles. The Labute approximate surface area is 296 Å². The Morgan fingerprint density at radius 2 is 1.73 bits per heavy atom. The zero-order chi connectivity index (χ0) is 36.5. The summed E-state index contributed by atoms with van der Waals surface area (Å²) in [6, 6.07) is 14.6. The Morgan fingerprint density at radius 1 is 1.02 bits per heavy atom. The van der Waals surface area contributed by atoms with Crippen molar-refractivity contribution in [2.75, 3.05) is 11.8 Å². The smallest absolute Gasteiger partial charge is 0.263 e. The number of carbonyl (C=O) groups excluding carboxylic acids is 2. The van der Waals surface area contributed by atoms with E-state index in [0.717, 1.165) is 62.1 Å². The van der Waals surface area contributed by atoms with Gasteiger partial charge in [-0.1, -0.05) is 67.7 Å². The fraction of sp³-hybridized carbons (Fsp3) is 0.368. The number of unbranched alkanes of at least 4 members (excludes halogenated alkanes) is 1. The molecule has 1 saturated carbocycles. The van der Waals surface area contributed by atoms with Crippen molar-refractivity contribution in [3.8, 4) is 11.1 Å². The lowest BCUT2D eigenvalue weighted by atomic mass is 9.95. The predicted molar refractivity (Wildman–Crippen MR) is 190 cm³/mol. The van der Waals surface area contributed by atoms with Crippen LogP contribution in [-0.2, 0) is 27.9 Å². The number of sulfonamides is 1. The molecule has 0 radical (unpaired) electrons. The van der Waals surface area contributed by atoms with Gasteiger partial charge in [0.2, 0.25) is 0 Å². The Hall–Kier alpha value is -4.91. The number of aliphatic imine (C=N–C) groups is 1. The molecule has 51 heavy (non-hydrogen) atoms. The average molecular weight is 718 g/mol. The van der Waals surface area contributed by atoms with E-state index in [1.54, 1.807) is 43.0 Å². The molecule has 4 aromatic rings. The molecule has 1 aliphatic carbocycles. The first-order chi connectivity index (χ1) is 24.3. The third-order valence-electron chi connectivity index (χ3n) is 9.71. The maximum atomic E-state index is 14.1. The van der Waals surface area contributed by atoms with Gasteiger partial charge in [-0.25, -0.2) is 17.2 Å². The van der Waals surface area contributed by atoms with Crippen molar-refractivity contribution in [1.29, 1.82) is 0 Å². The Balaban J connectivity index is 1.40. The molecule has 1 aliphatic heterocycles. The lowest BCUT2D eigenvalue weighted by Crippen LogP contribution is -2.40. The number of amidine groups is 1. The molecule has 2 amide bonds. The summed E-state index contributed by atoms with van der Waals surface area (Å²) in [4.78, 5) is 35.4. The molecule has 0 bridgehead atoms. The van der Waals surface area contributed by atoms with E-state index in [9.17, 15) is 26.8 Å². The van der Waals surface area contributed by atoms with Crippen LogP contribution in [0.5, 0.6) is 0 Å². The lowest BCUT2D eigenvalue weighted by Gasteiger charge is -2.24. The second kappa shape index (κ2) is 14.4. The summed E-state index contributed by atoms with van der Waals surface area (Å²) in [5.41, 5.74) is 1.86. The van der Waals surface area contributed by atoms with E-state index >= 15 is 0 Å². The molecule has 1 N–H and O–H groups in total. The molecule has 0 saturated heterocycles. The van der Waals surface area contributed by atoms with Gasteiger partial charge in [0.15, 0.2) is 5.82 Å². The minimum atomic E-state index is -4.19. The second-order valence-corrected chi connectivity index (χ2v) is 15.0. The van der Waals surface area contributed by atoms with Crippen LogP contribution in [0.2, 0.25) is 0 Å². The number of anilines is 1. The highest BCUT2D eigenvalue weighted by Gasteiger charge is 2.49. The third-order valence-corrected chi connectivity index (χ3v) is 11.1. The first kappa shape index (κ1) is 35.9. The number of aryl methyl sites for hydroxylation is 1. The quantitative estimate of drug-likeness (QED) is 0.161. The van der Waals surface area contributed by atoms with E-state index in [-0.39, 0.29) is 35.3 Å². The number of hydrogen-bond donors (Lipinski definition) is 1. The van der Waals surface area contributed by atoms with Crippen LogP contribution in [0.3, 0.4) is 0 Å². The minimum absolute atomic E-state index is 0.00180. The molecule has 1 fully saturated rings. The van der Waals surface area contributed by atoms with Gasteiger partial charge in [0.1, 0.15) is 28.8 Å². The predicted octanol–water partition coefficient (Wildman–Crippen LogP) is 7.55. The summed E-state index contributed by atoms with van der Waals surface area (Å²) in [6.07, 6.45) is 5.87. The zero-order valence-corrected chi connectivity index (χ0v) is 29.9. The summed E-state index contributed by atoms with van der Waals surface area (Å²) < 4.78 is 63.5. The maximum Gasteiger partial charge on any atom is 0.263 e. The highest BCUT2D eigenvalue weighted by atomic mass is 32.2. The topological polar surface area (TPSA) is 125 Å². The van der Waals surface area contributed by atoms with Crippen LogP contribution in [0, 0.1) is 25.5 Å². The molecule has 2 heterocycles. The lowest BCUT2D eigenvalue weighted by molar-refractivity contribution is -0.131. The number of amides is 2. The van der Waals surface area contributed by atoms with Crippen LogP contribution in [0.4, 0.5) is 14.6 Å². The standard InChI is InChI=1S/C38H41F2N5O5S/c1-5-6-13-34-41-38(16-9-10-17-38)37(47)45(34)22-26-14-15-31(28(18-26)23-44(4)36(46)27-19-29(39)21-30(40)20-27)32-11-7-8-12-33(32)51(48,49)43-35-24(2)25(3)50-42-35/h7-8,11-12,14-15,18-21H,5-6,9-10,13,16-17,22-23H2,1-4H3,(H,42,43). The molecule has 13 heteroatoms. The summed E-state index contributed by atoms with van der Waals surface area (Å²) in [5, 5.41) is 3.86. The number of halogens is 2. The molecule has 6 rings (SSSR count). The fourth-order valence-corrected chi connectivity index (χ4v) is 8.14. The molecule has 0 atom stereocenters. The van der Waals surface area contributed by atoms with E-state index in [1.165, 1.54) is 18.0 Å². The van der Waals surface area contributed by atoms with Gasteiger partial charge in [-0.3, -0.25) is 24.2 Å². The van der Waals surface area contributed by atoms with Gasteiger partial charge in [-0.05, 0) is 68.0 Å². The van der Waals surface area contributed by atoms with E-state index in [2.05, 4.69) is 16.8 Å². The van der Waals surface area contributed by atoms with Gasteiger partial charge in [0.05, 0.1) is 11.4 Å².